The van der Waals surface area contributed by atoms with Crippen LogP contribution in [0.25, 0.3) is 0 Å². The lowest BCUT2D eigenvalue weighted by Crippen LogP contribution is -1.86. The molecule has 0 saturated carbocycles. The lowest BCUT2D eigenvalue weighted by atomic mass is 10.2. The van der Waals surface area contributed by atoms with Crippen molar-refractivity contribution >= 4 is 40.0 Å². The first-order valence-electron chi connectivity index (χ1n) is 4.92. The highest BCUT2D eigenvalue weighted by molar-refractivity contribution is 14.1. The molecule has 2 aromatic carbocycles. The minimum atomic E-state index is 0.682. The maximum atomic E-state index is 8.72. The minimum Gasteiger partial charge on any atom is -0.399 e. The van der Waals surface area contributed by atoms with E-state index in [1.165, 1.54) is 4.90 Å². The Morgan fingerprint density at radius 1 is 1.12 bits per heavy atom. The molecule has 0 atom stereocenters. The van der Waals surface area contributed by atoms with E-state index in [2.05, 4.69) is 28.7 Å². The van der Waals surface area contributed by atoms with Crippen molar-refractivity contribution in [1.82, 2.24) is 0 Å². The molecule has 4 heteroatoms. The molecule has 0 saturated heterocycles. The summed E-state index contributed by atoms with van der Waals surface area (Å²) in [7, 11) is 0. The van der Waals surface area contributed by atoms with E-state index >= 15 is 0 Å². The van der Waals surface area contributed by atoms with Crippen LogP contribution in [-0.2, 0) is 0 Å². The van der Waals surface area contributed by atoms with E-state index in [-0.39, 0.29) is 0 Å². The molecule has 0 unspecified atom stereocenters. The van der Waals surface area contributed by atoms with Crippen molar-refractivity contribution in [1.29, 1.82) is 5.26 Å². The summed E-state index contributed by atoms with van der Waals surface area (Å²) in [6.45, 7) is 0. The van der Waals surface area contributed by atoms with Gasteiger partial charge in [0.1, 0.15) is 0 Å². The highest BCUT2D eigenvalue weighted by Gasteiger charge is 2.02. The van der Waals surface area contributed by atoms with E-state index < -0.39 is 0 Å². The number of halogens is 1. The highest BCUT2D eigenvalue weighted by atomic mass is 127. The third-order valence-electron chi connectivity index (χ3n) is 2.17. The van der Waals surface area contributed by atoms with E-state index in [4.69, 9.17) is 11.0 Å². The van der Waals surface area contributed by atoms with Crippen LogP contribution in [0, 0.1) is 14.9 Å². The zero-order valence-electron chi connectivity index (χ0n) is 8.85. The van der Waals surface area contributed by atoms with E-state index in [0.29, 0.717) is 5.56 Å². The SMILES string of the molecule is N#Cc1ccc(Sc2ccc(N)cc2I)cc1. The predicted octanol–water partition coefficient (Wildman–Crippen LogP) is 3.90. The van der Waals surface area contributed by atoms with Gasteiger partial charge in [-0.2, -0.15) is 5.26 Å². The maximum Gasteiger partial charge on any atom is 0.0991 e. The van der Waals surface area contributed by atoms with Gasteiger partial charge in [-0.1, -0.05) is 11.8 Å². The summed E-state index contributed by atoms with van der Waals surface area (Å²) in [6, 6.07) is 15.5. The fraction of sp³-hybridized carbons (Fsp3) is 0. The summed E-state index contributed by atoms with van der Waals surface area (Å²) in [5.74, 6) is 0. The van der Waals surface area contributed by atoms with E-state index in [1.807, 2.05) is 42.5 Å². The summed E-state index contributed by atoms with van der Waals surface area (Å²) >= 11 is 3.94. The Morgan fingerprint density at radius 2 is 1.82 bits per heavy atom. The molecule has 0 heterocycles. The van der Waals surface area contributed by atoms with Gasteiger partial charge >= 0.3 is 0 Å². The van der Waals surface area contributed by atoms with E-state index in [0.717, 1.165) is 14.2 Å². The summed E-state index contributed by atoms with van der Waals surface area (Å²) in [5.41, 5.74) is 7.17. The van der Waals surface area contributed by atoms with Crippen molar-refractivity contribution in [3.8, 4) is 6.07 Å². The van der Waals surface area contributed by atoms with Crippen LogP contribution in [0.2, 0.25) is 0 Å². The number of nitrogens with two attached hydrogens (primary N) is 1. The van der Waals surface area contributed by atoms with E-state index in [9.17, 15) is 0 Å². The van der Waals surface area contributed by atoms with Gasteiger partial charge in [-0.15, -0.1) is 0 Å². The van der Waals surface area contributed by atoms with Crippen molar-refractivity contribution in [2.24, 2.45) is 0 Å². The average molecular weight is 352 g/mol. The fourth-order valence-electron chi connectivity index (χ4n) is 1.32. The summed E-state index contributed by atoms with van der Waals surface area (Å²) in [6.07, 6.45) is 0. The molecule has 0 radical (unpaired) electrons. The molecule has 2 N–H and O–H groups in total. The molecule has 0 amide bonds. The Balaban J connectivity index is 2.23. The number of nitriles is 1. The number of nitrogens with zero attached hydrogens (tertiary/aromatic N) is 1. The molecule has 17 heavy (non-hydrogen) atoms. The minimum absolute atomic E-state index is 0.682. The normalized spacial score (nSPS) is 9.88. The van der Waals surface area contributed by atoms with Crippen LogP contribution in [0.4, 0.5) is 5.69 Å². The molecular weight excluding hydrogens is 343 g/mol. The monoisotopic (exact) mass is 352 g/mol. The summed E-state index contributed by atoms with van der Waals surface area (Å²) in [4.78, 5) is 2.29. The van der Waals surface area contributed by atoms with Crippen molar-refractivity contribution in [2.45, 2.75) is 9.79 Å². The molecule has 0 aromatic heterocycles. The lowest BCUT2D eigenvalue weighted by Gasteiger charge is -2.05. The second-order valence-electron chi connectivity index (χ2n) is 3.43. The Labute approximate surface area is 118 Å². The number of nitrogen functional groups attached to an aromatic ring is 1. The van der Waals surface area contributed by atoms with Gasteiger partial charge in [-0.3, -0.25) is 0 Å². The molecule has 84 valence electrons. The van der Waals surface area contributed by atoms with Crippen molar-refractivity contribution < 1.29 is 0 Å². The molecule has 2 rings (SSSR count). The number of hydrogen-bond donors (Lipinski definition) is 1. The molecular formula is C13H9IN2S. The standard InChI is InChI=1S/C13H9IN2S/c14-12-7-10(16)3-6-13(12)17-11-4-1-9(8-15)2-5-11/h1-7H,16H2. The zero-order chi connectivity index (χ0) is 12.3. The molecule has 0 aliphatic rings. The Morgan fingerprint density at radius 3 is 2.41 bits per heavy atom. The first kappa shape index (κ1) is 12.3. The summed E-state index contributed by atoms with van der Waals surface area (Å²) < 4.78 is 1.14. The molecule has 0 aliphatic heterocycles. The number of hydrogen-bond acceptors (Lipinski definition) is 3. The Hall–Kier alpha value is -1.19. The van der Waals surface area contributed by atoms with Gasteiger partial charge in [-0.05, 0) is 65.1 Å². The van der Waals surface area contributed by atoms with Gasteiger partial charge < -0.3 is 5.73 Å². The van der Waals surface area contributed by atoms with E-state index in [1.54, 1.807) is 11.8 Å². The second kappa shape index (κ2) is 5.43. The molecule has 2 aromatic rings. The third-order valence-corrected chi connectivity index (χ3v) is 4.51. The fourth-order valence-corrected chi connectivity index (χ4v) is 3.01. The van der Waals surface area contributed by atoms with Crippen LogP contribution in [0.15, 0.2) is 52.3 Å². The van der Waals surface area contributed by atoms with Gasteiger partial charge in [0, 0.05) is 19.0 Å². The average Bonchev–Trinajstić information content (AvgIpc) is 2.34. The van der Waals surface area contributed by atoms with Crippen molar-refractivity contribution in [3.05, 3.63) is 51.6 Å². The number of anilines is 1. The van der Waals surface area contributed by atoms with Crippen molar-refractivity contribution in [2.75, 3.05) is 5.73 Å². The lowest BCUT2D eigenvalue weighted by molar-refractivity contribution is 1.36. The smallest absolute Gasteiger partial charge is 0.0991 e. The predicted molar refractivity (Wildman–Crippen MR) is 78.9 cm³/mol. The largest absolute Gasteiger partial charge is 0.399 e. The third kappa shape index (κ3) is 3.14. The first-order valence-corrected chi connectivity index (χ1v) is 6.81. The van der Waals surface area contributed by atoms with Crippen molar-refractivity contribution in [3.63, 3.8) is 0 Å². The molecule has 2 nitrogen and oxygen atoms in total. The van der Waals surface area contributed by atoms with Crippen LogP contribution in [-0.4, -0.2) is 0 Å². The molecule has 0 bridgehead atoms. The number of rotatable bonds is 2. The number of benzene rings is 2. The maximum absolute atomic E-state index is 8.72. The quantitative estimate of drug-likeness (QED) is 0.659. The Kier molecular flexibility index (Phi) is 3.92. The molecule has 0 spiro atoms. The molecule has 0 aliphatic carbocycles. The summed E-state index contributed by atoms with van der Waals surface area (Å²) in [5, 5.41) is 8.72. The van der Waals surface area contributed by atoms with Crippen LogP contribution < -0.4 is 5.73 Å². The molecule has 0 fully saturated rings. The van der Waals surface area contributed by atoms with Crippen LogP contribution in [0.1, 0.15) is 5.56 Å². The Bertz CT molecular complexity index is 573. The van der Waals surface area contributed by atoms with Gasteiger partial charge in [0.2, 0.25) is 0 Å². The van der Waals surface area contributed by atoms with Crippen LogP contribution >= 0.6 is 34.4 Å². The second-order valence-corrected chi connectivity index (χ2v) is 5.71. The van der Waals surface area contributed by atoms with Crippen LogP contribution in [0.3, 0.4) is 0 Å². The zero-order valence-corrected chi connectivity index (χ0v) is 11.8. The van der Waals surface area contributed by atoms with Gasteiger partial charge in [-0.25, -0.2) is 0 Å². The van der Waals surface area contributed by atoms with Gasteiger partial charge in [0.15, 0.2) is 0 Å². The highest BCUT2D eigenvalue weighted by Crippen LogP contribution is 2.32. The van der Waals surface area contributed by atoms with Gasteiger partial charge in [0.25, 0.3) is 0 Å². The topological polar surface area (TPSA) is 49.8 Å². The van der Waals surface area contributed by atoms with Gasteiger partial charge in [0.05, 0.1) is 11.6 Å². The first-order chi connectivity index (χ1) is 8.19. The van der Waals surface area contributed by atoms with Crippen LogP contribution in [0.5, 0.6) is 0 Å².